The fourth-order valence-corrected chi connectivity index (χ4v) is 3.40. The predicted molar refractivity (Wildman–Crippen MR) is 77.9 cm³/mol. The summed E-state index contributed by atoms with van der Waals surface area (Å²) in [4.78, 5) is 3.98. The van der Waals surface area contributed by atoms with Crippen LogP contribution in [0.2, 0.25) is 5.15 Å². The van der Waals surface area contributed by atoms with E-state index in [1.54, 1.807) is 42.5 Å². The summed E-state index contributed by atoms with van der Waals surface area (Å²) in [5.41, 5.74) is 1.87. The molecule has 0 fully saturated rings. The van der Waals surface area contributed by atoms with Crippen molar-refractivity contribution in [3.05, 3.63) is 64.4 Å². The Morgan fingerprint density at radius 2 is 1.65 bits per heavy atom. The lowest BCUT2D eigenvalue weighted by Gasteiger charge is -2.05. The van der Waals surface area contributed by atoms with Crippen molar-refractivity contribution in [1.29, 1.82) is 0 Å². The fraction of sp³-hybridized carbons (Fsp3) is 0.214. The standard InChI is InChI=1S/C14H14ClNO3S/c15-14-3-1-2-13(16-14)10-20(18,19)9-12-6-4-11(8-17)5-7-12/h1-7,17H,8-10H2. The highest BCUT2D eigenvalue weighted by Gasteiger charge is 2.14. The summed E-state index contributed by atoms with van der Waals surface area (Å²) < 4.78 is 24.2. The van der Waals surface area contributed by atoms with Crippen LogP contribution in [0, 0.1) is 0 Å². The number of aliphatic hydroxyl groups excluding tert-OH is 1. The monoisotopic (exact) mass is 311 g/mol. The van der Waals surface area contributed by atoms with E-state index in [-0.39, 0.29) is 23.3 Å². The third-order valence-electron chi connectivity index (χ3n) is 2.73. The summed E-state index contributed by atoms with van der Waals surface area (Å²) in [5, 5.41) is 9.23. The Balaban J connectivity index is 2.10. The molecule has 4 nitrogen and oxygen atoms in total. The van der Waals surface area contributed by atoms with E-state index < -0.39 is 9.84 Å². The molecule has 0 amide bonds. The van der Waals surface area contributed by atoms with Gasteiger partial charge in [0.2, 0.25) is 0 Å². The van der Waals surface area contributed by atoms with E-state index in [1.807, 2.05) is 0 Å². The van der Waals surface area contributed by atoms with Gasteiger partial charge in [-0.05, 0) is 23.3 Å². The van der Waals surface area contributed by atoms with Gasteiger partial charge < -0.3 is 5.11 Å². The van der Waals surface area contributed by atoms with Crippen LogP contribution >= 0.6 is 11.6 Å². The maximum Gasteiger partial charge on any atom is 0.160 e. The Hall–Kier alpha value is -1.43. The SMILES string of the molecule is O=S(=O)(Cc1ccc(CO)cc1)Cc1cccc(Cl)n1. The number of nitrogens with zero attached hydrogens (tertiary/aromatic N) is 1. The Labute approximate surface area is 123 Å². The van der Waals surface area contributed by atoms with Gasteiger partial charge in [-0.2, -0.15) is 0 Å². The molecule has 0 saturated carbocycles. The number of hydrogen-bond donors (Lipinski definition) is 1. The molecule has 2 rings (SSSR count). The normalized spacial score (nSPS) is 11.5. The van der Waals surface area contributed by atoms with Crippen LogP contribution in [0.5, 0.6) is 0 Å². The van der Waals surface area contributed by atoms with Crippen LogP contribution in [0.1, 0.15) is 16.8 Å². The molecular weight excluding hydrogens is 298 g/mol. The Morgan fingerprint density at radius 3 is 2.25 bits per heavy atom. The molecular formula is C14H14ClNO3S. The van der Waals surface area contributed by atoms with Crippen LogP contribution in [0.25, 0.3) is 0 Å². The molecule has 0 atom stereocenters. The van der Waals surface area contributed by atoms with Gasteiger partial charge in [0.15, 0.2) is 9.84 Å². The van der Waals surface area contributed by atoms with Gasteiger partial charge in [-0.1, -0.05) is 41.9 Å². The number of pyridine rings is 1. The van der Waals surface area contributed by atoms with Crippen LogP contribution in [0.4, 0.5) is 0 Å². The molecule has 106 valence electrons. The third kappa shape index (κ3) is 4.30. The van der Waals surface area contributed by atoms with Crippen LogP contribution in [-0.4, -0.2) is 18.5 Å². The largest absolute Gasteiger partial charge is 0.392 e. The van der Waals surface area contributed by atoms with Crippen molar-refractivity contribution in [1.82, 2.24) is 4.98 Å². The van der Waals surface area contributed by atoms with Crippen molar-refractivity contribution in [2.75, 3.05) is 0 Å². The van der Waals surface area contributed by atoms with Gasteiger partial charge in [0.25, 0.3) is 0 Å². The number of aromatic nitrogens is 1. The topological polar surface area (TPSA) is 67.3 Å². The molecule has 1 aromatic heterocycles. The molecule has 1 aromatic carbocycles. The minimum Gasteiger partial charge on any atom is -0.392 e. The van der Waals surface area contributed by atoms with Crippen molar-refractivity contribution in [3.8, 4) is 0 Å². The summed E-state index contributed by atoms with van der Waals surface area (Å²) in [6, 6.07) is 11.7. The number of halogens is 1. The smallest absolute Gasteiger partial charge is 0.160 e. The zero-order valence-corrected chi connectivity index (χ0v) is 12.2. The van der Waals surface area contributed by atoms with Gasteiger partial charge in [-0.3, -0.25) is 0 Å². The second-order valence-corrected chi connectivity index (χ2v) is 6.91. The molecule has 20 heavy (non-hydrogen) atoms. The molecule has 0 bridgehead atoms. The number of rotatable bonds is 5. The molecule has 1 N–H and O–H groups in total. The predicted octanol–water partition coefficient (Wildman–Crippen LogP) is 2.34. The summed E-state index contributed by atoms with van der Waals surface area (Å²) in [7, 11) is -3.31. The van der Waals surface area contributed by atoms with E-state index in [1.165, 1.54) is 0 Å². The second-order valence-electron chi connectivity index (χ2n) is 4.46. The van der Waals surface area contributed by atoms with Crippen molar-refractivity contribution >= 4 is 21.4 Å². The summed E-state index contributed by atoms with van der Waals surface area (Å²) in [6.07, 6.45) is 0. The van der Waals surface area contributed by atoms with Gasteiger partial charge in [0.05, 0.1) is 23.8 Å². The molecule has 0 aliphatic heterocycles. The van der Waals surface area contributed by atoms with E-state index in [9.17, 15) is 8.42 Å². The molecule has 6 heteroatoms. The van der Waals surface area contributed by atoms with E-state index in [4.69, 9.17) is 16.7 Å². The molecule has 2 aromatic rings. The van der Waals surface area contributed by atoms with Gasteiger partial charge in [0, 0.05) is 0 Å². The first-order chi connectivity index (χ1) is 9.48. The lowest BCUT2D eigenvalue weighted by atomic mass is 10.2. The van der Waals surface area contributed by atoms with E-state index in [0.717, 1.165) is 5.56 Å². The van der Waals surface area contributed by atoms with E-state index in [2.05, 4.69) is 4.98 Å². The minimum absolute atomic E-state index is 0.0561. The van der Waals surface area contributed by atoms with Crippen LogP contribution in [0.15, 0.2) is 42.5 Å². The van der Waals surface area contributed by atoms with Gasteiger partial charge in [-0.15, -0.1) is 0 Å². The Bertz CT molecular complexity index is 684. The highest BCUT2D eigenvalue weighted by Crippen LogP contribution is 2.14. The zero-order valence-electron chi connectivity index (χ0n) is 10.7. The summed E-state index contributed by atoms with van der Waals surface area (Å²) >= 11 is 5.74. The minimum atomic E-state index is -3.31. The summed E-state index contributed by atoms with van der Waals surface area (Å²) in [6.45, 7) is -0.0561. The van der Waals surface area contributed by atoms with Crippen LogP contribution < -0.4 is 0 Å². The third-order valence-corrected chi connectivity index (χ3v) is 4.45. The van der Waals surface area contributed by atoms with Gasteiger partial charge in [-0.25, -0.2) is 13.4 Å². The first-order valence-corrected chi connectivity index (χ1v) is 8.19. The first-order valence-electron chi connectivity index (χ1n) is 5.99. The number of aliphatic hydroxyl groups is 1. The first kappa shape index (κ1) is 15.0. The fourth-order valence-electron chi connectivity index (χ4n) is 1.80. The van der Waals surface area contributed by atoms with Gasteiger partial charge in [0.1, 0.15) is 5.15 Å². The molecule has 0 aliphatic rings. The van der Waals surface area contributed by atoms with Gasteiger partial charge >= 0.3 is 0 Å². The second kappa shape index (κ2) is 6.35. The molecule has 0 aliphatic carbocycles. The molecule has 0 saturated heterocycles. The zero-order chi connectivity index (χ0) is 14.6. The summed E-state index contributed by atoms with van der Waals surface area (Å²) in [5.74, 6) is -0.206. The quantitative estimate of drug-likeness (QED) is 0.861. The maximum atomic E-state index is 12.1. The molecule has 0 spiro atoms. The molecule has 0 unspecified atom stereocenters. The lowest BCUT2D eigenvalue weighted by Crippen LogP contribution is -2.09. The molecule has 1 heterocycles. The average molecular weight is 312 g/mol. The Kier molecular flexibility index (Phi) is 4.75. The van der Waals surface area contributed by atoms with E-state index >= 15 is 0 Å². The van der Waals surface area contributed by atoms with Crippen molar-refractivity contribution in [3.63, 3.8) is 0 Å². The van der Waals surface area contributed by atoms with Crippen LogP contribution in [0.3, 0.4) is 0 Å². The number of hydrogen-bond acceptors (Lipinski definition) is 4. The van der Waals surface area contributed by atoms with E-state index in [0.29, 0.717) is 11.3 Å². The Morgan fingerprint density at radius 1 is 1.00 bits per heavy atom. The highest BCUT2D eigenvalue weighted by atomic mass is 35.5. The average Bonchev–Trinajstić information content (AvgIpc) is 2.38. The maximum absolute atomic E-state index is 12.1. The van der Waals surface area contributed by atoms with Crippen LogP contribution in [-0.2, 0) is 27.9 Å². The van der Waals surface area contributed by atoms with Crippen molar-refractivity contribution in [2.45, 2.75) is 18.1 Å². The number of benzene rings is 1. The van der Waals surface area contributed by atoms with Crippen molar-refractivity contribution < 1.29 is 13.5 Å². The van der Waals surface area contributed by atoms with Crippen molar-refractivity contribution in [2.24, 2.45) is 0 Å². The highest BCUT2D eigenvalue weighted by molar-refractivity contribution is 7.89. The lowest BCUT2D eigenvalue weighted by molar-refractivity contribution is 0.282. The number of sulfone groups is 1. The molecule has 0 radical (unpaired) electrons.